The number of aryl methyl sites for hydroxylation is 2. The fraction of sp³-hybridized carbons (Fsp3) is 0.500. The smallest absolute Gasteiger partial charge is 0.323 e. The van der Waals surface area contributed by atoms with Gasteiger partial charge in [0.1, 0.15) is 5.54 Å². The van der Waals surface area contributed by atoms with Crippen LogP contribution in [0, 0.1) is 13.8 Å². The maximum Gasteiger partial charge on any atom is 0.323 e. The van der Waals surface area contributed by atoms with Crippen LogP contribution in [0.5, 0.6) is 0 Å². The van der Waals surface area contributed by atoms with Gasteiger partial charge >= 0.3 is 5.97 Å². The minimum atomic E-state index is -0.852. The molecule has 0 heterocycles. The lowest BCUT2D eigenvalue weighted by atomic mass is 9.99. The van der Waals surface area contributed by atoms with E-state index in [9.17, 15) is 9.90 Å². The summed E-state index contributed by atoms with van der Waals surface area (Å²) in [6.45, 7) is 8.22. The van der Waals surface area contributed by atoms with Crippen LogP contribution in [0.15, 0.2) is 18.2 Å². The van der Waals surface area contributed by atoms with Crippen molar-refractivity contribution in [3.05, 3.63) is 34.9 Å². The van der Waals surface area contributed by atoms with Crippen LogP contribution in [0.3, 0.4) is 0 Å². The number of carbonyl (C=O) groups is 1. The number of nitrogens with zero attached hydrogens (tertiary/aromatic N) is 1. The van der Waals surface area contributed by atoms with Gasteiger partial charge in [-0.15, -0.1) is 0 Å². The second kappa shape index (κ2) is 4.88. The molecule has 3 heteroatoms. The maximum atomic E-state index is 11.2. The van der Waals surface area contributed by atoms with Gasteiger partial charge in [0.15, 0.2) is 0 Å². The van der Waals surface area contributed by atoms with Crippen molar-refractivity contribution >= 4 is 5.97 Å². The molecular formula is C14H21NO2. The number of carboxylic acids is 1. The van der Waals surface area contributed by atoms with E-state index in [0.717, 1.165) is 0 Å². The van der Waals surface area contributed by atoms with Gasteiger partial charge in [0.25, 0.3) is 0 Å². The van der Waals surface area contributed by atoms with Gasteiger partial charge in [-0.25, -0.2) is 0 Å². The van der Waals surface area contributed by atoms with Crippen molar-refractivity contribution in [1.29, 1.82) is 0 Å². The summed E-state index contributed by atoms with van der Waals surface area (Å²) in [6.07, 6.45) is 0. The third-order valence-corrected chi connectivity index (χ3v) is 3.52. The van der Waals surface area contributed by atoms with E-state index >= 15 is 0 Å². The van der Waals surface area contributed by atoms with Crippen LogP contribution >= 0.6 is 0 Å². The van der Waals surface area contributed by atoms with E-state index in [1.165, 1.54) is 16.7 Å². The molecule has 1 rings (SSSR count). The van der Waals surface area contributed by atoms with Crippen molar-refractivity contribution in [1.82, 2.24) is 4.90 Å². The number of likely N-dealkylation sites (N-methyl/N-ethyl adjacent to an activating group) is 1. The molecule has 0 radical (unpaired) electrons. The van der Waals surface area contributed by atoms with Crippen molar-refractivity contribution in [2.45, 2.75) is 39.8 Å². The predicted octanol–water partition coefficient (Wildman–Crippen LogP) is 2.60. The Morgan fingerprint density at radius 2 is 1.76 bits per heavy atom. The molecule has 0 aliphatic carbocycles. The summed E-state index contributed by atoms with van der Waals surface area (Å²) in [5.74, 6) is -0.800. The van der Waals surface area contributed by atoms with Crippen molar-refractivity contribution in [3.8, 4) is 0 Å². The molecule has 0 saturated heterocycles. The van der Waals surface area contributed by atoms with Crippen LogP contribution < -0.4 is 0 Å². The van der Waals surface area contributed by atoms with E-state index in [4.69, 9.17) is 0 Å². The number of hydrogen-bond donors (Lipinski definition) is 1. The predicted molar refractivity (Wildman–Crippen MR) is 69.1 cm³/mol. The van der Waals surface area contributed by atoms with E-state index in [-0.39, 0.29) is 0 Å². The summed E-state index contributed by atoms with van der Waals surface area (Å²) in [4.78, 5) is 13.0. The van der Waals surface area contributed by atoms with E-state index in [1.54, 1.807) is 13.8 Å². The summed E-state index contributed by atoms with van der Waals surface area (Å²) >= 11 is 0. The topological polar surface area (TPSA) is 40.5 Å². The number of benzene rings is 1. The first-order valence-electron chi connectivity index (χ1n) is 5.76. The first-order chi connectivity index (χ1) is 7.76. The first-order valence-corrected chi connectivity index (χ1v) is 5.76. The Balaban J connectivity index is 2.96. The van der Waals surface area contributed by atoms with E-state index in [2.05, 4.69) is 26.0 Å². The Labute approximate surface area is 103 Å². The molecule has 0 fully saturated rings. The Bertz CT molecular complexity index is 404. The minimum absolute atomic E-state index is 0.651. The molecule has 1 N–H and O–H groups in total. The van der Waals surface area contributed by atoms with Crippen LogP contribution in [0.4, 0.5) is 0 Å². The van der Waals surface area contributed by atoms with Crippen molar-refractivity contribution in [3.63, 3.8) is 0 Å². The van der Waals surface area contributed by atoms with Gasteiger partial charge < -0.3 is 5.11 Å². The minimum Gasteiger partial charge on any atom is -0.480 e. The van der Waals surface area contributed by atoms with Crippen LogP contribution in [0.1, 0.15) is 30.5 Å². The van der Waals surface area contributed by atoms with Crippen LogP contribution in [0.2, 0.25) is 0 Å². The number of carboxylic acid groups (broad SMARTS) is 1. The molecule has 0 bridgehead atoms. The fourth-order valence-corrected chi connectivity index (χ4v) is 1.70. The molecule has 1 aromatic rings. The molecule has 0 aromatic heterocycles. The molecule has 3 nitrogen and oxygen atoms in total. The van der Waals surface area contributed by atoms with Gasteiger partial charge in [0.05, 0.1) is 0 Å². The standard InChI is InChI=1S/C14H21NO2/c1-10-7-6-8-11(2)12(10)9-15(5)14(3,4)13(16)17/h6-8H,9H2,1-5H3,(H,16,17). The van der Waals surface area contributed by atoms with Crippen LogP contribution in [-0.4, -0.2) is 28.6 Å². The largest absolute Gasteiger partial charge is 0.480 e. The SMILES string of the molecule is Cc1cccc(C)c1CN(C)C(C)(C)C(=O)O. The molecule has 0 unspecified atom stereocenters. The van der Waals surface area contributed by atoms with E-state index in [0.29, 0.717) is 6.54 Å². The third-order valence-electron chi connectivity index (χ3n) is 3.52. The highest BCUT2D eigenvalue weighted by molar-refractivity contribution is 5.77. The first kappa shape index (κ1) is 13.7. The lowest BCUT2D eigenvalue weighted by Gasteiger charge is -2.32. The van der Waals surface area contributed by atoms with Crippen molar-refractivity contribution in [2.75, 3.05) is 7.05 Å². The third kappa shape index (κ3) is 2.86. The fourth-order valence-electron chi connectivity index (χ4n) is 1.70. The van der Waals surface area contributed by atoms with Crippen molar-refractivity contribution < 1.29 is 9.90 Å². The molecule has 94 valence electrons. The highest BCUT2D eigenvalue weighted by Crippen LogP contribution is 2.20. The zero-order chi connectivity index (χ0) is 13.2. The zero-order valence-corrected chi connectivity index (χ0v) is 11.2. The summed E-state index contributed by atoms with van der Waals surface area (Å²) in [5.41, 5.74) is 2.77. The Hall–Kier alpha value is -1.35. The van der Waals surface area contributed by atoms with Crippen LogP contribution in [0.25, 0.3) is 0 Å². The molecule has 0 aliphatic heterocycles. The van der Waals surface area contributed by atoms with Gasteiger partial charge in [-0.3, -0.25) is 9.69 Å². The molecule has 0 atom stereocenters. The summed E-state index contributed by atoms with van der Waals surface area (Å²) in [6, 6.07) is 6.14. The van der Waals surface area contributed by atoms with E-state index in [1.807, 2.05) is 18.0 Å². The molecule has 0 saturated carbocycles. The summed E-state index contributed by atoms with van der Waals surface area (Å²) in [5, 5.41) is 9.19. The molecule has 0 aliphatic rings. The highest BCUT2D eigenvalue weighted by Gasteiger charge is 2.32. The van der Waals surface area contributed by atoms with Crippen LogP contribution in [-0.2, 0) is 11.3 Å². The van der Waals surface area contributed by atoms with Gasteiger partial charge in [0.2, 0.25) is 0 Å². The molecule has 0 amide bonds. The lowest BCUT2D eigenvalue weighted by Crippen LogP contribution is -2.47. The average Bonchev–Trinajstić information content (AvgIpc) is 2.23. The van der Waals surface area contributed by atoms with E-state index < -0.39 is 11.5 Å². The average molecular weight is 235 g/mol. The Kier molecular flexibility index (Phi) is 3.94. The van der Waals surface area contributed by atoms with Gasteiger partial charge in [0, 0.05) is 6.54 Å². The second-order valence-corrected chi connectivity index (χ2v) is 5.09. The lowest BCUT2D eigenvalue weighted by molar-refractivity contribution is -0.148. The van der Waals surface area contributed by atoms with Crippen molar-refractivity contribution in [2.24, 2.45) is 0 Å². The summed E-state index contributed by atoms with van der Waals surface area (Å²) in [7, 11) is 1.85. The monoisotopic (exact) mass is 235 g/mol. The number of hydrogen-bond acceptors (Lipinski definition) is 2. The molecule has 0 spiro atoms. The number of rotatable bonds is 4. The normalized spacial score (nSPS) is 11.9. The van der Waals surface area contributed by atoms with Gasteiger partial charge in [-0.1, -0.05) is 18.2 Å². The Morgan fingerprint density at radius 3 is 2.18 bits per heavy atom. The second-order valence-electron chi connectivity index (χ2n) is 5.09. The highest BCUT2D eigenvalue weighted by atomic mass is 16.4. The molecular weight excluding hydrogens is 214 g/mol. The summed E-state index contributed by atoms with van der Waals surface area (Å²) < 4.78 is 0. The number of aliphatic carboxylic acids is 1. The van der Waals surface area contributed by atoms with Gasteiger partial charge in [-0.2, -0.15) is 0 Å². The quantitative estimate of drug-likeness (QED) is 0.872. The zero-order valence-electron chi connectivity index (χ0n) is 11.2. The maximum absolute atomic E-state index is 11.2. The Morgan fingerprint density at radius 1 is 1.29 bits per heavy atom. The molecule has 1 aromatic carbocycles. The molecule has 17 heavy (non-hydrogen) atoms. The van der Waals surface area contributed by atoms with Gasteiger partial charge in [-0.05, 0) is 51.4 Å².